The zero-order chi connectivity index (χ0) is 30.4. The van der Waals surface area contributed by atoms with Crippen molar-refractivity contribution in [2.75, 3.05) is 6.54 Å². The van der Waals surface area contributed by atoms with Gasteiger partial charge in [-0.25, -0.2) is 0 Å². The first-order chi connectivity index (χ1) is 18.2. The van der Waals surface area contributed by atoms with Gasteiger partial charge >= 0.3 is 0 Å². The van der Waals surface area contributed by atoms with Gasteiger partial charge in [-0.3, -0.25) is 29.0 Å². The van der Waals surface area contributed by atoms with Gasteiger partial charge in [-0.2, -0.15) is 0 Å². The normalized spacial score (nSPS) is 12.0. The molecular formula is C25H43N7O7. The van der Waals surface area contributed by atoms with E-state index in [1.807, 2.05) is 37.3 Å². The smallest absolute Gasteiger partial charge is 0.300 e. The molecule has 0 spiro atoms. The van der Waals surface area contributed by atoms with Crippen molar-refractivity contribution < 1.29 is 34.2 Å². The van der Waals surface area contributed by atoms with Gasteiger partial charge < -0.3 is 43.8 Å². The highest BCUT2D eigenvalue weighted by Gasteiger charge is 2.27. The predicted octanol–water partition coefficient (Wildman–Crippen LogP) is -0.563. The van der Waals surface area contributed by atoms with Crippen molar-refractivity contribution in [2.24, 2.45) is 27.9 Å². The van der Waals surface area contributed by atoms with Gasteiger partial charge in [0, 0.05) is 26.8 Å². The van der Waals surface area contributed by atoms with Gasteiger partial charge in [0.15, 0.2) is 5.96 Å². The highest BCUT2D eigenvalue weighted by Crippen LogP contribution is 2.06. The third-order valence-corrected chi connectivity index (χ3v) is 4.73. The average molecular weight is 554 g/mol. The largest absolute Gasteiger partial charge is 0.481 e. The van der Waals surface area contributed by atoms with Crippen LogP contribution in [-0.2, 0) is 30.4 Å². The molecule has 1 rings (SSSR count). The van der Waals surface area contributed by atoms with Crippen molar-refractivity contribution in [3.63, 3.8) is 0 Å². The quantitative estimate of drug-likeness (QED) is 0.0826. The van der Waals surface area contributed by atoms with Crippen LogP contribution < -0.4 is 33.6 Å². The third-order valence-electron chi connectivity index (χ3n) is 4.73. The number of carbonyl (C=O) groups excluding carboxylic acids is 3. The van der Waals surface area contributed by atoms with Gasteiger partial charge in [0.05, 0.1) is 6.04 Å². The number of aliphatic imine (C=N–C) groups is 1. The third kappa shape index (κ3) is 22.7. The van der Waals surface area contributed by atoms with E-state index in [0.717, 1.165) is 32.3 Å². The minimum absolute atomic E-state index is 0.0525. The molecule has 14 heteroatoms. The standard InChI is InChI=1S/C21H35N7O3.2C2H4O2/c1-2-3-10-15(22)19(30)27-16(11-7-12-26-21(24)25)20(31)28-17(18(23)29)13-14-8-5-4-6-9-14;2*1-2(3)4/h4-6,8-9,15-17H,2-3,7,10-13,22H2,1H3,(H2,23,29)(H,27,30)(H,28,31)(H4,24,25,26);2*1H3,(H,3,4)/t15-,16-,17-;;/m0../s1. The van der Waals surface area contributed by atoms with E-state index in [1.54, 1.807) is 0 Å². The molecule has 0 heterocycles. The number of benzene rings is 1. The molecule has 0 saturated carbocycles. The minimum atomic E-state index is -0.916. The number of amides is 3. The summed E-state index contributed by atoms with van der Waals surface area (Å²) in [5, 5.41) is 20.2. The number of nitrogens with one attached hydrogen (secondary N) is 2. The number of hydrogen-bond donors (Lipinski definition) is 8. The van der Waals surface area contributed by atoms with Crippen molar-refractivity contribution in [1.82, 2.24) is 10.6 Å². The lowest BCUT2D eigenvalue weighted by Crippen LogP contribution is -2.55. The molecule has 220 valence electrons. The molecule has 0 aliphatic heterocycles. The average Bonchev–Trinajstić information content (AvgIpc) is 2.83. The van der Waals surface area contributed by atoms with Crippen LogP contribution in [0.2, 0.25) is 0 Å². The van der Waals surface area contributed by atoms with Gasteiger partial charge in [-0.1, -0.05) is 50.1 Å². The molecule has 14 nitrogen and oxygen atoms in total. The Hall–Kier alpha value is -4.20. The molecule has 3 atom stereocenters. The lowest BCUT2D eigenvalue weighted by molar-refractivity contribution is -0.135. The van der Waals surface area contributed by atoms with E-state index in [-0.39, 0.29) is 18.8 Å². The van der Waals surface area contributed by atoms with Crippen LogP contribution in [0.4, 0.5) is 0 Å². The van der Waals surface area contributed by atoms with E-state index in [1.165, 1.54) is 0 Å². The van der Waals surface area contributed by atoms with E-state index < -0.39 is 47.8 Å². The molecule has 0 aliphatic rings. The maximum atomic E-state index is 12.9. The number of primary amides is 1. The lowest BCUT2D eigenvalue weighted by atomic mass is 10.0. The van der Waals surface area contributed by atoms with Crippen LogP contribution in [0.1, 0.15) is 58.4 Å². The lowest BCUT2D eigenvalue weighted by Gasteiger charge is -2.23. The van der Waals surface area contributed by atoms with Crippen LogP contribution in [-0.4, -0.2) is 70.5 Å². The fourth-order valence-corrected chi connectivity index (χ4v) is 2.95. The summed E-state index contributed by atoms with van der Waals surface area (Å²) in [7, 11) is 0. The molecule has 3 amide bonds. The Morgan fingerprint density at radius 1 is 0.846 bits per heavy atom. The summed E-state index contributed by atoms with van der Waals surface area (Å²) in [5.41, 5.74) is 22.9. The topological polar surface area (TPSA) is 266 Å². The Labute approximate surface area is 228 Å². The minimum Gasteiger partial charge on any atom is -0.481 e. The van der Waals surface area contributed by atoms with Crippen LogP contribution >= 0.6 is 0 Å². The number of nitrogens with zero attached hydrogens (tertiary/aromatic N) is 1. The molecular weight excluding hydrogens is 510 g/mol. The number of guanidine groups is 1. The second-order valence-electron chi connectivity index (χ2n) is 8.45. The molecule has 0 saturated heterocycles. The second-order valence-corrected chi connectivity index (χ2v) is 8.45. The summed E-state index contributed by atoms with van der Waals surface area (Å²) in [5.74, 6) is -3.32. The Morgan fingerprint density at radius 2 is 1.36 bits per heavy atom. The zero-order valence-electron chi connectivity index (χ0n) is 22.8. The number of carbonyl (C=O) groups is 5. The summed E-state index contributed by atoms with van der Waals surface area (Å²) < 4.78 is 0. The summed E-state index contributed by atoms with van der Waals surface area (Å²) in [6, 6.07) is 6.66. The number of rotatable bonds is 14. The zero-order valence-corrected chi connectivity index (χ0v) is 22.8. The number of unbranched alkanes of at least 4 members (excludes halogenated alkanes) is 1. The fraction of sp³-hybridized carbons (Fsp3) is 0.520. The van der Waals surface area contributed by atoms with E-state index in [2.05, 4.69) is 15.6 Å². The monoisotopic (exact) mass is 553 g/mol. The van der Waals surface area contributed by atoms with Crippen LogP contribution in [0.3, 0.4) is 0 Å². The molecule has 0 aromatic heterocycles. The molecule has 12 N–H and O–H groups in total. The first-order valence-electron chi connectivity index (χ1n) is 12.3. The van der Waals surface area contributed by atoms with Crippen molar-refractivity contribution in [3.05, 3.63) is 35.9 Å². The van der Waals surface area contributed by atoms with Crippen LogP contribution in [0.15, 0.2) is 35.3 Å². The summed E-state index contributed by atoms with van der Waals surface area (Å²) in [6.45, 7) is 4.47. The Bertz CT molecular complexity index is 903. The molecule has 0 radical (unpaired) electrons. The first kappa shape index (κ1) is 37.0. The van der Waals surface area contributed by atoms with Gasteiger partial charge in [0.25, 0.3) is 11.9 Å². The van der Waals surface area contributed by atoms with Crippen molar-refractivity contribution in [1.29, 1.82) is 0 Å². The summed E-state index contributed by atoms with van der Waals surface area (Å²) in [4.78, 5) is 59.1. The molecule has 0 fully saturated rings. The SMILES string of the molecule is CC(=O)O.CC(=O)O.CCCC[C@H](N)C(=O)N[C@@H](CCCN=C(N)N)C(=O)N[C@@H](Cc1ccccc1)C(N)=O. The van der Waals surface area contributed by atoms with Crippen LogP contribution in [0.5, 0.6) is 0 Å². The summed E-state index contributed by atoms with van der Waals surface area (Å²) >= 11 is 0. The molecule has 0 bridgehead atoms. The highest BCUT2D eigenvalue weighted by atomic mass is 16.4. The van der Waals surface area contributed by atoms with Gasteiger partial charge in [-0.15, -0.1) is 0 Å². The molecule has 39 heavy (non-hydrogen) atoms. The maximum absolute atomic E-state index is 12.9. The Kier molecular flexibility index (Phi) is 20.7. The van der Waals surface area contributed by atoms with Gasteiger partial charge in [0.1, 0.15) is 12.1 Å². The molecule has 0 unspecified atom stereocenters. The number of carboxylic acid groups (broad SMARTS) is 2. The highest BCUT2D eigenvalue weighted by molar-refractivity contribution is 5.92. The number of aliphatic carboxylic acids is 2. The van der Waals surface area contributed by atoms with Crippen molar-refractivity contribution in [3.8, 4) is 0 Å². The molecule has 1 aromatic carbocycles. The van der Waals surface area contributed by atoms with Crippen molar-refractivity contribution >= 4 is 35.6 Å². The van der Waals surface area contributed by atoms with E-state index in [9.17, 15) is 14.4 Å². The number of hydrogen-bond acceptors (Lipinski definition) is 7. The Morgan fingerprint density at radius 3 is 1.82 bits per heavy atom. The first-order valence-corrected chi connectivity index (χ1v) is 12.3. The molecule has 1 aromatic rings. The maximum Gasteiger partial charge on any atom is 0.300 e. The van der Waals surface area contributed by atoms with Crippen molar-refractivity contribution in [2.45, 2.75) is 77.4 Å². The second kappa shape index (κ2) is 21.8. The fourth-order valence-electron chi connectivity index (χ4n) is 2.95. The van der Waals surface area contributed by atoms with E-state index in [0.29, 0.717) is 19.4 Å². The Balaban J connectivity index is 0. The van der Waals surface area contributed by atoms with E-state index >= 15 is 0 Å². The predicted molar refractivity (Wildman–Crippen MR) is 147 cm³/mol. The molecule has 0 aliphatic carbocycles. The number of nitrogens with two attached hydrogens (primary N) is 4. The van der Waals surface area contributed by atoms with E-state index in [4.69, 9.17) is 42.7 Å². The van der Waals surface area contributed by atoms with Gasteiger partial charge in [0.2, 0.25) is 17.7 Å². The van der Waals surface area contributed by atoms with Gasteiger partial charge in [-0.05, 0) is 24.8 Å². The van der Waals surface area contributed by atoms with Crippen LogP contribution in [0.25, 0.3) is 0 Å². The number of carboxylic acids is 2. The summed E-state index contributed by atoms with van der Waals surface area (Å²) in [6.07, 6.45) is 3.18. The van der Waals surface area contributed by atoms with Crippen LogP contribution in [0, 0.1) is 0 Å².